The first-order chi connectivity index (χ1) is 11.6. The molecule has 1 aliphatic rings. The molecule has 0 radical (unpaired) electrons. The van der Waals surface area contributed by atoms with E-state index in [2.05, 4.69) is 25.6 Å². The Kier molecular flexibility index (Phi) is 7.32. The molecule has 0 N–H and O–H groups in total. The summed E-state index contributed by atoms with van der Waals surface area (Å²) in [5.41, 5.74) is 1.36. The van der Waals surface area contributed by atoms with Crippen LogP contribution in [0.15, 0.2) is 36.9 Å². The molecule has 1 saturated carbocycles. The van der Waals surface area contributed by atoms with Gasteiger partial charge in [-0.3, -0.25) is 0 Å². The van der Waals surface area contributed by atoms with E-state index in [0.717, 1.165) is 31.3 Å². The summed E-state index contributed by atoms with van der Waals surface area (Å²) in [5.74, 6) is 0.982. The molecule has 1 aromatic rings. The zero-order valence-electron chi connectivity index (χ0n) is 14.7. The molecule has 0 heterocycles. The number of carbonyl (C=O) groups is 1. The molecule has 0 aromatic heterocycles. The van der Waals surface area contributed by atoms with Crippen LogP contribution in [0.5, 0.6) is 5.75 Å². The Labute approximate surface area is 144 Å². The van der Waals surface area contributed by atoms with E-state index in [1.807, 2.05) is 12.1 Å². The molecule has 1 atom stereocenters. The SMILES string of the molecule is C=CC(=O)OC(C)COc1ccc(C2CCC(OCC)CC2)cc1. The van der Waals surface area contributed by atoms with Crippen LogP contribution in [0.4, 0.5) is 0 Å². The van der Waals surface area contributed by atoms with Gasteiger partial charge in [-0.1, -0.05) is 18.7 Å². The minimum atomic E-state index is -0.427. The zero-order valence-corrected chi connectivity index (χ0v) is 14.7. The molecule has 4 nitrogen and oxygen atoms in total. The summed E-state index contributed by atoms with van der Waals surface area (Å²) in [7, 11) is 0. The van der Waals surface area contributed by atoms with E-state index >= 15 is 0 Å². The van der Waals surface area contributed by atoms with Gasteiger partial charge in [0.15, 0.2) is 0 Å². The fourth-order valence-corrected chi connectivity index (χ4v) is 3.13. The maximum absolute atomic E-state index is 11.1. The molecule has 1 aromatic carbocycles. The van der Waals surface area contributed by atoms with Crippen LogP contribution in [-0.2, 0) is 14.3 Å². The molecular formula is C20H28O4. The van der Waals surface area contributed by atoms with E-state index < -0.39 is 5.97 Å². The maximum Gasteiger partial charge on any atom is 0.330 e. The van der Waals surface area contributed by atoms with Gasteiger partial charge in [-0.2, -0.15) is 0 Å². The summed E-state index contributed by atoms with van der Waals surface area (Å²) < 4.78 is 16.5. The van der Waals surface area contributed by atoms with Crippen molar-refractivity contribution in [3.8, 4) is 5.75 Å². The van der Waals surface area contributed by atoms with Crippen molar-refractivity contribution >= 4 is 5.97 Å². The smallest absolute Gasteiger partial charge is 0.330 e. The summed E-state index contributed by atoms with van der Waals surface area (Å²) in [4.78, 5) is 11.1. The average molecular weight is 332 g/mol. The van der Waals surface area contributed by atoms with E-state index in [9.17, 15) is 4.79 Å². The number of ether oxygens (including phenoxy) is 3. The Morgan fingerprint density at radius 2 is 1.92 bits per heavy atom. The molecule has 24 heavy (non-hydrogen) atoms. The standard InChI is InChI=1S/C20H28O4/c1-4-20(21)24-15(3)14-23-19-12-8-17(9-13-19)16-6-10-18(11-7-16)22-5-2/h4,8-9,12-13,15-16,18H,1,5-7,10-11,14H2,2-3H3. The third-order valence-electron chi connectivity index (χ3n) is 4.40. The number of benzene rings is 1. The van der Waals surface area contributed by atoms with E-state index in [4.69, 9.17) is 14.2 Å². The summed E-state index contributed by atoms with van der Waals surface area (Å²) in [6.45, 7) is 8.37. The fourth-order valence-electron chi connectivity index (χ4n) is 3.13. The van der Waals surface area contributed by atoms with Gasteiger partial charge in [0.25, 0.3) is 0 Å². The van der Waals surface area contributed by atoms with Gasteiger partial charge in [-0.15, -0.1) is 0 Å². The van der Waals surface area contributed by atoms with Crippen molar-refractivity contribution in [2.75, 3.05) is 13.2 Å². The van der Waals surface area contributed by atoms with Crippen molar-refractivity contribution in [3.63, 3.8) is 0 Å². The summed E-state index contributed by atoms with van der Waals surface area (Å²) >= 11 is 0. The minimum Gasteiger partial charge on any atom is -0.490 e. The van der Waals surface area contributed by atoms with Crippen LogP contribution in [0, 0.1) is 0 Å². The Bertz CT molecular complexity index is 515. The molecular weight excluding hydrogens is 304 g/mol. The van der Waals surface area contributed by atoms with Crippen molar-refractivity contribution in [2.45, 2.75) is 57.7 Å². The lowest BCUT2D eigenvalue weighted by Gasteiger charge is -2.28. The van der Waals surface area contributed by atoms with Crippen LogP contribution in [-0.4, -0.2) is 31.4 Å². The Hall–Kier alpha value is -1.81. The average Bonchev–Trinajstić information content (AvgIpc) is 2.61. The predicted octanol–water partition coefficient (Wildman–Crippen LogP) is 4.25. The van der Waals surface area contributed by atoms with Crippen molar-refractivity contribution in [1.29, 1.82) is 0 Å². The first kappa shape index (κ1) is 18.5. The number of hydrogen-bond donors (Lipinski definition) is 0. The van der Waals surface area contributed by atoms with E-state index in [1.54, 1.807) is 6.92 Å². The second-order valence-corrected chi connectivity index (χ2v) is 6.26. The highest BCUT2D eigenvalue weighted by Crippen LogP contribution is 2.34. The van der Waals surface area contributed by atoms with Gasteiger partial charge < -0.3 is 14.2 Å². The van der Waals surface area contributed by atoms with Gasteiger partial charge >= 0.3 is 5.97 Å². The molecule has 0 amide bonds. The zero-order chi connectivity index (χ0) is 17.4. The maximum atomic E-state index is 11.1. The second-order valence-electron chi connectivity index (χ2n) is 6.26. The highest BCUT2D eigenvalue weighted by molar-refractivity contribution is 5.81. The molecule has 2 rings (SSSR count). The monoisotopic (exact) mass is 332 g/mol. The molecule has 0 aliphatic heterocycles. The first-order valence-electron chi connectivity index (χ1n) is 8.79. The largest absolute Gasteiger partial charge is 0.490 e. The normalized spacial score (nSPS) is 21.8. The Balaban J connectivity index is 1.79. The van der Waals surface area contributed by atoms with E-state index in [1.165, 1.54) is 18.4 Å². The number of hydrogen-bond acceptors (Lipinski definition) is 4. The Morgan fingerprint density at radius 1 is 1.25 bits per heavy atom. The van der Waals surface area contributed by atoms with Gasteiger partial charge in [-0.25, -0.2) is 4.79 Å². The van der Waals surface area contributed by atoms with Gasteiger partial charge in [0.05, 0.1) is 6.10 Å². The summed E-state index contributed by atoms with van der Waals surface area (Å²) in [5, 5.41) is 0. The van der Waals surface area contributed by atoms with Crippen LogP contribution in [0.25, 0.3) is 0 Å². The number of carbonyl (C=O) groups excluding carboxylic acids is 1. The van der Waals surface area contributed by atoms with Crippen molar-refractivity contribution in [2.24, 2.45) is 0 Å². The predicted molar refractivity (Wildman–Crippen MR) is 94.3 cm³/mol. The second kappa shape index (κ2) is 9.48. The lowest BCUT2D eigenvalue weighted by atomic mass is 9.83. The van der Waals surface area contributed by atoms with Crippen molar-refractivity contribution in [3.05, 3.63) is 42.5 Å². The van der Waals surface area contributed by atoms with Gasteiger partial charge in [0.1, 0.15) is 18.5 Å². The fraction of sp³-hybridized carbons (Fsp3) is 0.550. The first-order valence-corrected chi connectivity index (χ1v) is 8.79. The lowest BCUT2D eigenvalue weighted by molar-refractivity contribution is -0.143. The van der Waals surface area contributed by atoms with Gasteiger partial charge in [0, 0.05) is 12.7 Å². The molecule has 1 aliphatic carbocycles. The van der Waals surface area contributed by atoms with Crippen molar-refractivity contribution in [1.82, 2.24) is 0 Å². The van der Waals surface area contributed by atoms with Crippen LogP contribution < -0.4 is 4.74 Å². The topological polar surface area (TPSA) is 44.8 Å². The van der Waals surface area contributed by atoms with Crippen LogP contribution in [0.1, 0.15) is 51.0 Å². The van der Waals surface area contributed by atoms with Gasteiger partial charge in [0.2, 0.25) is 0 Å². The highest BCUT2D eigenvalue weighted by Gasteiger charge is 2.22. The molecule has 0 bridgehead atoms. The van der Waals surface area contributed by atoms with Gasteiger partial charge in [-0.05, 0) is 63.1 Å². The van der Waals surface area contributed by atoms with E-state index in [-0.39, 0.29) is 6.10 Å². The van der Waals surface area contributed by atoms with Crippen LogP contribution in [0.3, 0.4) is 0 Å². The van der Waals surface area contributed by atoms with E-state index in [0.29, 0.717) is 18.6 Å². The van der Waals surface area contributed by atoms with Crippen molar-refractivity contribution < 1.29 is 19.0 Å². The molecule has 0 spiro atoms. The quantitative estimate of drug-likeness (QED) is 0.527. The minimum absolute atomic E-state index is 0.302. The summed E-state index contributed by atoms with van der Waals surface area (Å²) in [6, 6.07) is 8.26. The highest BCUT2D eigenvalue weighted by atomic mass is 16.6. The molecule has 132 valence electrons. The number of rotatable bonds is 8. The van der Waals surface area contributed by atoms with Crippen LogP contribution >= 0.6 is 0 Å². The number of esters is 1. The lowest BCUT2D eigenvalue weighted by Crippen LogP contribution is -2.21. The molecule has 1 fully saturated rings. The summed E-state index contributed by atoms with van der Waals surface area (Å²) in [6.07, 6.45) is 5.94. The third-order valence-corrected chi connectivity index (χ3v) is 4.40. The molecule has 4 heteroatoms. The molecule has 1 unspecified atom stereocenters. The van der Waals surface area contributed by atoms with Crippen LogP contribution in [0.2, 0.25) is 0 Å². The molecule has 0 saturated heterocycles. The third kappa shape index (κ3) is 5.68. The Morgan fingerprint density at radius 3 is 2.50 bits per heavy atom.